The van der Waals surface area contributed by atoms with Gasteiger partial charge in [0.1, 0.15) is 17.7 Å². The van der Waals surface area contributed by atoms with Crippen LogP contribution in [0.2, 0.25) is 0 Å². The fourth-order valence-corrected chi connectivity index (χ4v) is 4.19. The highest BCUT2D eigenvalue weighted by atomic mass is 32.1. The molecular weight excluding hydrogens is 362 g/mol. The van der Waals surface area contributed by atoms with Crippen LogP contribution in [0.15, 0.2) is 35.7 Å². The summed E-state index contributed by atoms with van der Waals surface area (Å²) >= 11 is 1.64. The van der Waals surface area contributed by atoms with Crippen LogP contribution >= 0.6 is 11.3 Å². The average molecular weight is 383 g/mol. The van der Waals surface area contributed by atoms with Crippen molar-refractivity contribution in [1.29, 1.82) is 0 Å². The number of hydrogen-bond donors (Lipinski definition) is 1. The van der Waals surface area contributed by atoms with Crippen molar-refractivity contribution in [3.63, 3.8) is 0 Å². The first-order valence-electron chi connectivity index (χ1n) is 8.93. The molecule has 0 spiro atoms. The zero-order valence-corrected chi connectivity index (χ0v) is 15.9. The van der Waals surface area contributed by atoms with E-state index >= 15 is 0 Å². The Morgan fingerprint density at radius 1 is 1.26 bits per heavy atom. The third-order valence-electron chi connectivity index (χ3n) is 4.87. The number of thiazole rings is 1. The lowest BCUT2D eigenvalue weighted by molar-refractivity contribution is -0.145. The molecule has 3 heterocycles. The van der Waals surface area contributed by atoms with E-state index in [1.165, 1.54) is 5.56 Å². The number of carbonyl (C=O) groups is 1. The monoisotopic (exact) mass is 383 g/mol. The maximum Gasteiger partial charge on any atom is 0.322 e. The Balaban J connectivity index is 1.43. The van der Waals surface area contributed by atoms with Gasteiger partial charge in [0.15, 0.2) is 0 Å². The van der Waals surface area contributed by atoms with E-state index in [9.17, 15) is 9.90 Å². The molecule has 3 aromatic rings. The molecule has 1 aliphatic rings. The Morgan fingerprint density at radius 2 is 2.07 bits per heavy atom. The summed E-state index contributed by atoms with van der Waals surface area (Å²) in [6, 6.07) is 9.76. The minimum absolute atomic E-state index is 0.370. The lowest BCUT2D eigenvalue weighted by Crippen LogP contribution is -2.47. The van der Waals surface area contributed by atoms with Crippen LogP contribution in [0.4, 0.5) is 0 Å². The Morgan fingerprint density at radius 3 is 2.85 bits per heavy atom. The number of benzene rings is 1. The molecule has 2 aromatic heterocycles. The first kappa shape index (κ1) is 17.8. The van der Waals surface area contributed by atoms with Crippen LogP contribution in [-0.2, 0) is 37.3 Å². The lowest BCUT2D eigenvalue weighted by atomic mass is 10.1. The molecule has 0 radical (unpaired) electrons. The van der Waals surface area contributed by atoms with Gasteiger partial charge < -0.3 is 9.67 Å². The van der Waals surface area contributed by atoms with Gasteiger partial charge >= 0.3 is 5.97 Å². The smallest absolute Gasteiger partial charge is 0.322 e. The van der Waals surface area contributed by atoms with Crippen LogP contribution in [0.1, 0.15) is 27.9 Å². The largest absolute Gasteiger partial charge is 0.480 e. The maximum absolute atomic E-state index is 11.7. The number of aryl methyl sites for hydroxylation is 3. The Kier molecular flexibility index (Phi) is 5.00. The van der Waals surface area contributed by atoms with Gasteiger partial charge in [-0.1, -0.05) is 30.3 Å². The topological polar surface area (TPSA) is 84.1 Å². The molecule has 0 bridgehead atoms. The highest BCUT2D eigenvalue weighted by molar-refractivity contribution is 7.09. The maximum atomic E-state index is 11.7. The number of nitrogens with zero attached hydrogens (tertiary/aromatic N) is 5. The van der Waals surface area contributed by atoms with E-state index in [4.69, 9.17) is 4.98 Å². The molecule has 4 rings (SSSR count). The molecule has 0 saturated carbocycles. The van der Waals surface area contributed by atoms with Gasteiger partial charge in [-0.05, 0) is 18.9 Å². The van der Waals surface area contributed by atoms with Gasteiger partial charge in [-0.25, -0.2) is 4.98 Å². The molecule has 0 amide bonds. The summed E-state index contributed by atoms with van der Waals surface area (Å²) in [7, 11) is 0. The van der Waals surface area contributed by atoms with Crippen molar-refractivity contribution in [2.75, 3.05) is 0 Å². The van der Waals surface area contributed by atoms with E-state index in [1.807, 2.05) is 40.0 Å². The molecular formula is C19H21N5O2S. The van der Waals surface area contributed by atoms with E-state index in [2.05, 4.69) is 22.3 Å². The molecule has 140 valence electrons. The molecule has 27 heavy (non-hydrogen) atoms. The molecule has 1 atom stereocenters. The lowest BCUT2D eigenvalue weighted by Gasteiger charge is -2.32. The van der Waals surface area contributed by atoms with E-state index in [-0.39, 0.29) is 0 Å². The molecule has 1 unspecified atom stereocenters. The fraction of sp³-hybridized carbons (Fsp3) is 0.368. The third kappa shape index (κ3) is 3.91. The number of carboxylic acids is 1. The number of aliphatic carboxylic acids is 1. The average Bonchev–Trinajstić information content (AvgIpc) is 3.27. The highest BCUT2D eigenvalue weighted by Gasteiger charge is 2.33. The molecule has 1 aliphatic heterocycles. The number of hydrogen-bond acceptors (Lipinski definition) is 6. The van der Waals surface area contributed by atoms with Crippen molar-refractivity contribution in [2.24, 2.45) is 0 Å². The SMILES string of the molecule is Cc1nnc2n1CC(C(=O)O)N(Cc1csc(CCc3ccccc3)n1)C2. The molecule has 0 saturated heterocycles. The van der Waals surface area contributed by atoms with Crippen molar-refractivity contribution >= 4 is 17.3 Å². The number of fused-ring (bicyclic) bond motifs is 1. The molecule has 7 nitrogen and oxygen atoms in total. The highest BCUT2D eigenvalue weighted by Crippen LogP contribution is 2.22. The molecule has 0 aliphatic carbocycles. The van der Waals surface area contributed by atoms with E-state index in [0.29, 0.717) is 19.6 Å². The molecule has 0 fully saturated rings. The van der Waals surface area contributed by atoms with Gasteiger partial charge in [-0.15, -0.1) is 21.5 Å². The summed E-state index contributed by atoms with van der Waals surface area (Å²) in [5.41, 5.74) is 2.21. The second-order valence-corrected chi connectivity index (χ2v) is 7.69. The second kappa shape index (κ2) is 7.58. The van der Waals surface area contributed by atoms with E-state index < -0.39 is 12.0 Å². The summed E-state index contributed by atoms with van der Waals surface area (Å²) in [5.74, 6) is 0.741. The first-order valence-corrected chi connectivity index (χ1v) is 9.81. The summed E-state index contributed by atoms with van der Waals surface area (Å²) in [4.78, 5) is 18.4. The van der Waals surface area contributed by atoms with Crippen LogP contribution in [0.3, 0.4) is 0 Å². The predicted molar refractivity (Wildman–Crippen MR) is 101 cm³/mol. The van der Waals surface area contributed by atoms with Crippen molar-refractivity contribution in [3.8, 4) is 0 Å². The van der Waals surface area contributed by atoms with Crippen molar-refractivity contribution in [1.82, 2.24) is 24.6 Å². The van der Waals surface area contributed by atoms with Gasteiger partial charge in [-0.3, -0.25) is 9.69 Å². The van der Waals surface area contributed by atoms with Crippen LogP contribution in [0, 0.1) is 6.92 Å². The first-order chi connectivity index (χ1) is 13.1. The van der Waals surface area contributed by atoms with Crippen molar-refractivity contribution < 1.29 is 9.90 Å². The summed E-state index contributed by atoms with van der Waals surface area (Å²) in [5, 5.41) is 21.0. The Bertz CT molecular complexity index is 937. The fourth-order valence-electron chi connectivity index (χ4n) is 3.40. The van der Waals surface area contributed by atoms with Gasteiger partial charge in [0.2, 0.25) is 0 Å². The molecule has 1 N–H and O–H groups in total. The number of rotatable bonds is 6. The van der Waals surface area contributed by atoms with Crippen LogP contribution in [0.5, 0.6) is 0 Å². The summed E-state index contributed by atoms with van der Waals surface area (Å²) < 4.78 is 1.89. The number of carboxylic acid groups (broad SMARTS) is 1. The summed E-state index contributed by atoms with van der Waals surface area (Å²) in [6.45, 7) is 3.19. The van der Waals surface area contributed by atoms with Crippen molar-refractivity contribution in [3.05, 3.63) is 63.6 Å². The van der Waals surface area contributed by atoms with E-state index in [0.717, 1.165) is 35.2 Å². The van der Waals surface area contributed by atoms with Crippen molar-refractivity contribution in [2.45, 2.75) is 45.4 Å². The Hall–Kier alpha value is -2.58. The van der Waals surface area contributed by atoms with Crippen LogP contribution in [0.25, 0.3) is 0 Å². The zero-order valence-electron chi connectivity index (χ0n) is 15.1. The molecule has 8 heteroatoms. The molecule has 1 aromatic carbocycles. The minimum atomic E-state index is -0.826. The summed E-state index contributed by atoms with van der Waals surface area (Å²) in [6.07, 6.45) is 1.85. The third-order valence-corrected chi connectivity index (χ3v) is 5.83. The number of aromatic nitrogens is 4. The van der Waals surface area contributed by atoms with Gasteiger partial charge in [0.05, 0.1) is 23.8 Å². The Labute approximate surface area is 161 Å². The minimum Gasteiger partial charge on any atom is -0.480 e. The quantitative estimate of drug-likeness (QED) is 0.703. The van der Waals surface area contributed by atoms with Crippen LogP contribution < -0.4 is 0 Å². The second-order valence-electron chi connectivity index (χ2n) is 6.75. The van der Waals surface area contributed by atoms with Gasteiger partial charge in [0.25, 0.3) is 0 Å². The standard InChI is InChI=1S/C19H21N5O2S/c1-13-21-22-17-11-23(16(19(25)26)10-24(13)17)9-15-12-27-18(20-15)8-7-14-5-3-2-4-6-14/h2-6,12,16H,7-11H2,1H3,(H,25,26). The van der Waals surface area contributed by atoms with Gasteiger partial charge in [-0.2, -0.15) is 0 Å². The predicted octanol–water partition coefficient (Wildman–Crippen LogP) is 2.30. The van der Waals surface area contributed by atoms with Gasteiger partial charge in [0, 0.05) is 18.3 Å². The zero-order chi connectivity index (χ0) is 18.8. The van der Waals surface area contributed by atoms with E-state index in [1.54, 1.807) is 11.3 Å². The normalized spacial score (nSPS) is 17.0. The van der Waals surface area contributed by atoms with Crippen LogP contribution in [-0.4, -0.2) is 41.8 Å².